The average Bonchev–Trinajstić information content (AvgIpc) is 3.00. The Balaban J connectivity index is 1.46. The van der Waals surface area contributed by atoms with Crippen molar-refractivity contribution in [1.29, 1.82) is 0 Å². The Hall–Kier alpha value is -3.34. The van der Waals surface area contributed by atoms with Crippen LogP contribution >= 0.6 is 0 Å². The lowest BCUT2D eigenvalue weighted by atomic mass is 9.99. The van der Waals surface area contributed by atoms with E-state index >= 15 is 0 Å². The number of fused-ring (bicyclic) bond motifs is 2. The summed E-state index contributed by atoms with van der Waals surface area (Å²) in [5, 5.41) is 5.14. The molecule has 0 bridgehead atoms. The number of rotatable bonds is 6. The maximum atomic E-state index is 13.1. The summed E-state index contributed by atoms with van der Waals surface area (Å²) in [6, 6.07) is 17.6. The summed E-state index contributed by atoms with van der Waals surface area (Å²) >= 11 is 0. The molecule has 1 atom stereocenters. The second-order valence-corrected chi connectivity index (χ2v) is 7.80. The molecule has 0 spiro atoms. The molecule has 0 radical (unpaired) electrons. The number of ether oxygens (including phenoxy) is 1. The summed E-state index contributed by atoms with van der Waals surface area (Å²) in [6.07, 6.45) is 0.693. The van der Waals surface area contributed by atoms with Gasteiger partial charge in [0.25, 0.3) is 5.91 Å². The first kappa shape index (κ1) is 20.0. The van der Waals surface area contributed by atoms with Crippen LogP contribution in [0.1, 0.15) is 36.1 Å². The van der Waals surface area contributed by atoms with Crippen LogP contribution in [0.25, 0.3) is 10.8 Å². The number of nitrogens with one attached hydrogen (secondary N) is 1. The van der Waals surface area contributed by atoms with Crippen molar-refractivity contribution in [2.45, 2.75) is 33.2 Å². The van der Waals surface area contributed by atoms with Crippen LogP contribution < -0.4 is 15.0 Å². The lowest BCUT2D eigenvalue weighted by molar-refractivity contribution is -0.126. The van der Waals surface area contributed by atoms with Crippen LogP contribution in [-0.4, -0.2) is 25.0 Å². The Labute approximate surface area is 176 Å². The lowest BCUT2D eigenvalue weighted by Gasteiger charge is -2.20. The van der Waals surface area contributed by atoms with E-state index in [0.717, 1.165) is 33.5 Å². The van der Waals surface area contributed by atoms with Crippen LogP contribution in [0.5, 0.6) is 5.75 Å². The zero-order valence-electron chi connectivity index (χ0n) is 17.6. The van der Waals surface area contributed by atoms with Gasteiger partial charge in [0.05, 0.1) is 12.3 Å². The Morgan fingerprint density at radius 3 is 2.53 bits per heavy atom. The molecule has 3 aromatic rings. The fourth-order valence-corrected chi connectivity index (χ4v) is 4.16. The zero-order chi connectivity index (χ0) is 21.3. The van der Waals surface area contributed by atoms with Gasteiger partial charge in [0.15, 0.2) is 0 Å². The molecule has 0 unspecified atom stereocenters. The molecular formula is C25H26N2O3. The van der Waals surface area contributed by atoms with Gasteiger partial charge in [0.2, 0.25) is 5.91 Å². The maximum absolute atomic E-state index is 13.1. The number of carbonyl (C=O) groups excluding carboxylic acids is 2. The summed E-state index contributed by atoms with van der Waals surface area (Å²) < 4.78 is 5.93. The molecule has 3 aromatic carbocycles. The molecule has 30 heavy (non-hydrogen) atoms. The molecule has 4 rings (SSSR count). The van der Waals surface area contributed by atoms with E-state index in [2.05, 4.69) is 23.5 Å². The van der Waals surface area contributed by atoms with Crippen molar-refractivity contribution in [3.05, 3.63) is 71.3 Å². The highest BCUT2D eigenvalue weighted by Gasteiger charge is 2.39. The largest absolute Gasteiger partial charge is 0.494 e. The van der Waals surface area contributed by atoms with Crippen LogP contribution in [0.3, 0.4) is 0 Å². The van der Waals surface area contributed by atoms with Gasteiger partial charge in [0.1, 0.15) is 11.8 Å². The van der Waals surface area contributed by atoms with E-state index in [1.54, 1.807) is 4.90 Å². The highest BCUT2D eigenvalue weighted by atomic mass is 16.5. The topological polar surface area (TPSA) is 58.6 Å². The minimum absolute atomic E-state index is 0.0803. The van der Waals surface area contributed by atoms with E-state index in [9.17, 15) is 9.59 Å². The zero-order valence-corrected chi connectivity index (χ0v) is 17.6. The molecule has 5 heteroatoms. The van der Waals surface area contributed by atoms with Crippen LogP contribution in [0.2, 0.25) is 0 Å². The summed E-state index contributed by atoms with van der Waals surface area (Å²) in [4.78, 5) is 26.5. The maximum Gasteiger partial charge on any atom is 0.254 e. The molecule has 0 aromatic heterocycles. The summed E-state index contributed by atoms with van der Waals surface area (Å²) in [6.45, 7) is 6.47. The van der Waals surface area contributed by atoms with Gasteiger partial charge in [-0.25, -0.2) is 0 Å². The van der Waals surface area contributed by atoms with E-state index in [4.69, 9.17) is 4.74 Å². The van der Waals surface area contributed by atoms with Crippen molar-refractivity contribution in [3.8, 4) is 5.75 Å². The Morgan fingerprint density at radius 2 is 1.77 bits per heavy atom. The fraction of sp³-hybridized carbons (Fsp3) is 0.280. The predicted octanol–water partition coefficient (Wildman–Crippen LogP) is 4.45. The molecule has 1 N–H and O–H groups in total. The number of hydrogen-bond donors (Lipinski definition) is 1. The smallest absolute Gasteiger partial charge is 0.254 e. The molecule has 0 saturated heterocycles. The normalized spacial score (nSPS) is 15.4. The second kappa shape index (κ2) is 8.19. The van der Waals surface area contributed by atoms with E-state index in [-0.39, 0.29) is 11.8 Å². The number of amides is 2. The van der Waals surface area contributed by atoms with Crippen LogP contribution in [0.4, 0.5) is 5.69 Å². The Kier molecular flexibility index (Phi) is 5.44. The average molecular weight is 402 g/mol. The number of nitrogens with zero attached hydrogens (tertiary/aromatic N) is 1. The molecule has 154 valence electrons. The van der Waals surface area contributed by atoms with Gasteiger partial charge in [-0.3, -0.25) is 9.59 Å². The molecule has 5 nitrogen and oxygen atoms in total. The number of hydrogen-bond acceptors (Lipinski definition) is 3. The van der Waals surface area contributed by atoms with Crippen molar-refractivity contribution in [2.75, 3.05) is 18.1 Å². The monoisotopic (exact) mass is 402 g/mol. The van der Waals surface area contributed by atoms with Crippen LogP contribution in [0, 0.1) is 13.8 Å². The third kappa shape index (κ3) is 3.75. The summed E-state index contributed by atoms with van der Waals surface area (Å²) in [5.74, 6) is 0.537. The van der Waals surface area contributed by atoms with Gasteiger partial charge in [-0.15, -0.1) is 0 Å². The molecule has 1 aliphatic rings. The molecule has 0 saturated carbocycles. The summed E-state index contributed by atoms with van der Waals surface area (Å²) in [5.41, 5.74) is 3.87. The standard InChI is InChI=1S/C25H26N2O3/c1-16-9-10-17(2)24-22(16)23(26-18(3)28)25(29)27(24)13-6-14-30-21-12-11-19-7-4-5-8-20(19)15-21/h4-5,7-12,15,23H,6,13-14H2,1-3H3,(H,26,28)/t23-/m1/s1. The number of benzene rings is 3. The van der Waals surface area contributed by atoms with Gasteiger partial charge in [-0.2, -0.15) is 0 Å². The van der Waals surface area contributed by atoms with Gasteiger partial charge in [0, 0.05) is 19.0 Å². The van der Waals surface area contributed by atoms with Crippen molar-refractivity contribution in [3.63, 3.8) is 0 Å². The molecule has 0 aliphatic carbocycles. The summed E-state index contributed by atoms with van der Waals surface area (Å²) in [7, 11) is 0. The minimum Gasteiger partial charge on any atom is -0.494 e. The van der Waals surface area contributed by atoms with E-state index in [1.807, 2.05) is 50.2 Å². The molecule has 1 aliphatic heterocycles. The molecule has 0 fully saturated rings. The molecule has 1 heterocycles. The lowest BCUT2D eigenvalue weighted by Crippen LogP contribution is -2.37. The van der Waals surface area contributed by atoms with E-state index in [0.29, 0.717) is 19.6 Å². The van der Waals surface area contributed by atoms with Crippen LogP contribution in [0.15, 0.2) is 54.6 Å². The highest BCUT2D eigenvalue weighted by molar-refractivity contribution is 6.07. The fourth-order valence-electron chi connectivity index (χ4n) is 4.16. The number of aryl methyl sites for hydroxylation is 2. The Bertz CT molecular complexity index is 1120. The third-order valence-electron chi connectivity index (χ3n) is 5.57. The first-order valence-electron chi connectivity index (χ1n) is 10.3. The van der Waals surface area contributed by atoms with Crippen molar-refractivity contribution in [2.24, 2.45) is 0 Å². The van der Waals surface area contributed by atoms with Crippen LogP contribution in [-0.2, 0) is 9.59 Å². The van der Waals surface area contributed by atoms with Gasteiger partial charge in [-0.1, -0.05) is 42.5 Å². The van der Waals surface area contributed by atoms with Gasteiger partial charge in [-0.05, 0) is 54.3 Å². The van der Waals surface area contributed by atoms with Crippen molar-refractivity contribution >= 4 is 28.3 Å². The van der Waals surface area contributed by atoms with Gasteiger partial charge >= 0.3 is 0 Å². The molecule has 2 amide bonds. The van der Waals surface area contributed by atoms with E-state index in [1.165, 1.54) is 12.3 Å². The predicted molar refractivity (Wildman–Crippen MR) is 119 cm³/mol. The van der Waals surface area contributed by atoms with Gasteiger partial charge < -0.3 is 15.0 Å². The first-order valence-corrected chi connectivity index (χ1v) is 10.3. The number of anilines is 1. The van der Waals surface area contributed by atoms with Crippen molar-refractivity contribution in [1.82, 2.24) is 5.32 Å². The Morgan fingerprint density at radius 1 is 1.03 bits per heavy atom. The second-order valence-electron chi connectivity index (χ2n) is 7.80. The minimum atomic E-state index is -0.612. The number of carbonyl (C=O) groups is 2. The SMILES string of the molecule is CC(=O)N[C@H]1C(=O)N(CCCOc2ccc3ccccc3c2)c2c(C)ccc(C)c21. The van der Waals surface area contributed by atoms with E-state index < -0.39 is 6.04 Å². The highest BCUT2D eigenvalue weighted by Crippen LogP contribution is 2.40. The third-order valence-corrected chi connectivity index (χ3v) is 5.57. The van der Waals surface area contributed by atoms with Crippen molar-refractivity contribution < 1.29 is 14.3 Å². The molecular weight excluding hydrogens is 376 g/mol. The quantitative estimate of drug-likeness (QED) is 0.620. The first-order chi connectivity index (χ1) is 14.5.